The van der Waals surface area contributed by atoms with Gasteiger partial charge in [-0.3, -0.25) is 0 Å². The van der Waals surface area contributed by atoms with E-state index in [4.69, 9.17) is 0 Å². The molecule has 2 saturated heterocycles. The van der Waals surface area contributed by atoms with Gasteiger partial charge in [-0.1, -0.05) is 0 Å². The number of rotatable bonds is 3. The standard InChI is InChI=1S/C15H16F2N4O2S/c16-14-4-3-13(9-15(14)17)24(22,23)20-10-1-2-11(20)8-12(7-10)21-18-5-6-19-21/h3-6,9-12H,1-2,7-8H2. The molecule has 2 fully saturated rings. The summed E-state index contributed by atoms with van der Waals surface area (Å²) in [7, 11) is -3.85. The van der Waals surface area contributed by atoms with Crippen molar-refractivity contribution in [1.82, 2.24) is 19.3 Å². The highest BCUT2D eigenvalue weighted by Crippen LogP contribution is 2.43. The minimum atomic E-state index is -3.85. The molecule has 2 aliphatic rings. The Morgan fingerprint density at radius 2 is 1.58 bits per heavy atom. The van der Waals surface area contributed by atoms with Crippen LogP contribution in [0.3, 0.4) is 0 Å². The summed E-state index contributed by atoms with van der Waals surface area (Å²) >= 11 is 0. The van der Waals surface area contributed by atoms with E-state index in [1.54, 1.807) is 17.2 Å². The third kappa shape index (κ3) is 2.42. The first-order valence-electron chi connectivity index (χ1n) is 7.81. The Bertz CT molecular complexity index is 842. The van der Waals surface area contributed by atoms with Gasteiger partial charge in [0.25, 0.3) is 0 Å². The third-order valence-corrected chi connectivity index (χ3v) is 6.87. The second kappa shape index (κ2) is 5.59. The van der Waals surface area contributed by atoms with Crippen molar-refractivity contribution in [2.45, 2.75) is 48.7 Å². The van der Waals surface area contributed by atoms with Crippen LogP contribution in [-0.2, 0) is 10.0 Å². The van der Waals surface area contributed by atoms with Crippen LogP contribution < -0.4 is 0 Å². The molecule has 6 nitrogen and oxygen atoms in total. The fourth-order valence-electron chi connectivity index (χ4n) is 3.86. The van der Waals surface area contributed by atoms with Crippen molar-refractivity contribution in [1.29, 1.82) is 0 Å². The van der Waals surface area contributed by atoms with E-state index in [1.807, 2.05) is 0 Å². The molecule has 1 aromatic heterocycles. The van der Waals surface area contributed by atoms with Crippen LogP contribution in [0.1, 0.15) is 31.7 Å². The molecule has 2 atom stereocenters. The first-order valence-corrected chi connectivity index (χ1v) is 9.25. The van der Waals surface area contributed by atoms with E-state index in [0.717, 1.165) is 31.0 Å². The van der Waals surface area contributed by atoms with E-state index in [-0.39, 0.29) is 23.0 Å². The molecule has 0 amide bonds. The van der Waals surface area contributed by atoms with Crippen LogP contribution in [0.25, 0.3) is 0 Å². The average molecular weight is 354 g/mol. The van der Waals surface area contributed by atoms with E-state index in [1.165, 1.54) is 4.31 Å². The van der Waals surface area contributed by atoms with E-state index >= 15 is 0 Å². The van der Waals surface area contributed by atoms with Gasteiger partial charge in [0.15, 0.2) is 11.6 Å². The average Bonchev–Trinajstić information content (AvgIpc) is 3.17. The summed E-state index contributed by atoms with van der Waals surface area (Å²) in [6, 6.07) is 2.45. The first-order chi connectivity index (χ1) is 11.5. The van der Waals surface area contributed by atoms with Crippen molar-refractivity contribution in [2.24, 2.45) is 0 Å². The van der Waals surface area contributed by atoms with E-state index < -0.39 is 21.7 Å². The van der Waals surface area contributed by atoms with Crippen LogP contribution in [0, 0.1) is 11.6 Å². The number of benzene rings is 1. The van der Waals surface area contributed by atoms with Crippen molar-refractivity contribution in [2.75, 3.05) is 0 Å². The zero-order valence-electron chi connectivity index (χ0n) is 12.7. The summed E-state index contributed by atoms with van der Waals surface area (Å²) in [5, 5.41) is 8.30. The summed E-state index contributed by atoms with van der Waals surface area (Å²) in [6.07, 6.45) is 5.96. The van der Waals surface area contributed by atoms with Crippen LogP contribution in [-0.4, -0.2) is 39.8 Å². The summed E-state index contributed by atoms with van der Waals surface area (Å²) < 4.78 is 53.8. The molecule has 0 spiro atoms. The molecule has 1 aromatic carbocycles. The predicted molar refractivity (Wildman–Crippen MR) is 80.5 cm³/mol. The van der Waals surface area contributed by atoms with Gasteiger partial charge in [0.1, 0.15) is 0 Å². The summed E-state index contributed by atoms with van der Waals surface area (Å²) in [5.74, 6) is -2.21. The highest BCUT2D eigenvalue weighted by atomic mass is 32.2. The minimum absolute atomic E-state index is 0.0638. The Labute approximate surface area is 138 Å². The Morgan fingerprint density at radius 3 is 2.17 bits per heavy atom. The minimum Gasteiger partial charge on any atom is -0.207 e. The van der Waals surface area contributed by atoms with Gasteiger partial charge in [-0.15, -0.1) is 0 Å². The summed E-state index contributed by atoms with van der Waals surface area (Å²) in [5.41, 5.74) is 0. The maximum absolute atomic E-state index is 13.5. The fourth-order valence-corrected chi connectivity index (χ4v) is 5.76. The van der Waals surface area contributed by atoms with Gasteiger partial charge in [0.2, 0.25) is 10.0 Å². The van der Waals surface area contributed by atoms with Gasteiger partial charge >= 0.3 is 0 Å². The number of hydrogen-bond acceptors (Lipinski definition) is 4. The smallest absolute Gasteiger partial charge is 0.207 e. The third-order valence-electron chi connectivity index (χ3n) is 4.87. The quantitative estimate of drug-likeness (QED) is 0.847. The largest absolute Gasteiger partial charge is 0.243 e. The number of sulfonamides is 1. The second-order valence-electron chi connectivity index (χ2n) is 6.27. The van der Waals surface area contributed by atoms with Crippen LogP contribution in [0.15, 0.2) is 35.5 Å². The zero-order valence-corrected chi connectivity index (χ0v) is 13.5. The van der Waals surface area contributed by atoms with Crippen molar-refractivity contribution in [3.05, 3.63) is 42.2 Å². The van der Waals surface area contributed by atoms with Crippen molar-refractivity contribution < 1.29 is 17.2 Å². The van der Waals surface area contributed by atoms with E-state index in [0.29, 0.717) is 12.8 Å². The van der Waals surface area contributed by atoms with Gasteiger partial charge in [-0.25, -0.2) is 17.2 Å². The lowest BCUT2D eigenvalue weighted by Gasteiger charge is -2.37. The molecular formula is C15H16F2N4O2S. The lowest BCUT2D eigenvalue weighted by atomic mass is 10.0. The molecule has 0 aliphatic carbocycles. The monoisotopic (exact) mass is 354 g/mol. The molecule has 0 N–H and O–H groups in total. The first kappa shape index (κ1) is 15.6. The molecule has 0 saturated carbocycles. The van der Waals surface area contributed by atoms with Gasteiger partial charge in [-0.05, 0) is 43.9 Å². The number of aromatic nitrogens is 3. The van der Waals surface area contributed by atoms with Gasteiger partial charge in [0.05, 0.1) is 23.3 Å². The summed E-state index contributed by atoms with van der Waals surface area (Å²) in [6.45, 7) is 0. The molecule has 9 heteroatoms. The highest BCUT2D eigenvalue weighted by Gasteiger charge is 2.48. The number of fused-ring (bicyclic) bond motifs is 2. The SMILES string of the molecule is O=S(=O)(c1ccc(F)c(F)c1)N1C2CCC1CC(n1nccn1)C2. The topological polar surface area (TPSA) is 68.1 Å². The molecule has 2 unspecified atom stereocenters. The molecule has 3 heterocycles. The van der Waals surface area contributed by atoms with Gasteiger partial charge < -0.3 is 0 Å². The van der Waals surface area contributed by atoms with Gasteiger partial charge in [0, 0.05) is 12.1 Å². The fraction of sp³-hybridized carbons (Fsp3) is 0.467. The molecule has 0 radical (unpaired) electrons. The molecule has 128 valence electrons. The Balaban J connectivity index is 1.64. The van der Waals surface area contributed by atoms with Crippen LogP contribution in [0.5, 0.6) is 0 Å². The molecule has 2 bridgehead atoms. The van der Waals surface area contributed by atoms with Crippen LogP contribution in [0.4, 0.5) is 8.78 Å². The lowest BCUT2D eigenvalue weighted by Crippen LogP contribution is -2.47. The summed E-state index contributed by atoms with van der Waals surface area (Å²) in [4.78, 5) is 1.43. The van der Waals surface area contributed by atoms with Crippen molar-refractivity contribution in [3.8, 4) is 0 Å². The maximum Gasteiger partial charge on any atom is 0.243 e. The van der Waals surface area contributed by atoms with E-state index in [2.05, 4.69) is 10.2 Å². The van der Waals surface area contributed by atoms with E-state index in [9.17, 15) is 17.2 Å². The van der Waals surface area contributed by atoms with Crippen molar-refractivity contribution in [3.63, 3.8) is 0 Å². The Hall–Kier alpha value is -1.87. The number of halogens is 2. The molecule has 24 heavy (non-hydrogen) atoms. The molecular weight excluding hydrogens is 338 g/mol. The zero-order chi connectivity index (χ0) is 16.9. The Morgan fingerprint density at radius 1 is 0.958 bits per heavy atom. The van der Waals surface area contributed by atoms with Crippen molar-refractivity contribution >= 4 is 10.0 Å². The van der Waals surface area contributed by atoms with Crippen LogP contribution >= 0.6 is 0 Å². The number of nitrogens with zero attached hydrogens (tertiary/aromatic N) is 4. The van der Waals surface area contributed by atoms with Crippen LogP contribution in [0.2, 0.25) is 0 Å². The second-order valence-corrected chi connectivity index (χ2v) is 8.11. The molecule has 4 rings (SSSR count). The lowest BCUT2D eigenvalue weighted by molar-refractivity contribution is 0.174. The highest BCUT2D eigenvalue weighted by molar-refractivity contribution is 7.89. The molecule has 2 aliphatic heterocycles. The molecule has 2 aromatic rings. The Kier molecular flexibility index (Phi) is 3.65. The number of hydrogen-bond donors (Lipinski definition) is 0. The van der Waals surface area contributed by atoms with Gasteiger partial charge in [-0.2, -0.15) is 19.3 Å². The predicted octanol–water partition coefficient (Wildman–Crippen LogP) is 2.11. The number of piperidine rings is 1. The maximum atomic E-state index is 13.5. The normalized spacial score (nSPS) is 27.5.